The van der Waals surface area contributed by atoms with E-state index < -0.39 is 5.97 Å². The van der Waals surface area contributed by atoms with Crippen LogP contribution in [0.4, 0.5) is 0 Å². The standard InChI is InChI=1S/C16H21NO5/c1-21-10-11-3-5-12(6-4-11)16(20)17-9-14(22-2)7-13(17)8-15(18)19/h3-6,13-14H,7-10H2,1-2H3,(H,18,19). The summed E-state index contributed by atoms with van der Waals surface area (Å²) in [4.78, 5) is 25.2. The Morgan fingerprint density at radius 1 is 1.27 bits per heavy atom. The van der Waals surface area contributed by atoms with Crippen LogP contribution in [0.15, 0.2) is 24.3 Å². The molecule has 1 aromatic rings. The van der Waals surface area contributed by atoms with Crippen LogP contribution in [-0.4, -0.2) is 54.8 Å². The van der Waals surface area contributed by atoms with Gasteiger partial charge in [-0.2, -0.15) is 0 Å². The van der Waals surface area contributed by atoms with Gasteiger partial charge in [0.15, 0.2) is 0 Å². The average Bonchev–Trinajstić information content (AvgIpc) is 2.90. The van der Waals surface area contributed by atoms with Crippen LogP contribution in [0.25, 0.3) is 0 Å². The highest BCUT2D eigenvalue weighted by Gasteiger charge is 2.36. The number of hydrogen-bond acceptors (Lipinski definition) is 4. The average molecular weight is 307 g/mol. The first-order valence-electron chi connectivity index (χ1n) is 7.18. The van der Waals surface area contributed by atoms with E-state index in [9.17, 15) is 9.59 Å². The van der Waals surface area contributed by atoms with Crippen molar-refractivity contribution in [2.75, 3.05) is 20.8 Å². The summed E-state index contributed by atoms with van der Waals surface area (Å²) in [6, 6.07) is 6.84. The fraction of sp³-hybridized carbons (Fsp3) is 0.500. The first-order valence-corrected chi connectivity index (χ1v) is 7.18. The molecule has 22 heavy (non-hydrogen) atoms. The largest absolute Gasteiger partial charge is 0.481 e. The fourth-order valence-corrected chi connectivity index (χ4v) is 2.76. The lowest BCUT2D eigenvalue weighted by atomic mass is 10.1. The van der Waals surface area contributed by atoms with Crippen LogP contribution < -0.4 is 0 Å². The van der Waals surface area contributed by atoms with Gasteiger partial charge in [-0.1, -0.05) is 12.1 Å². The summed E-state index contributed by atoms with van der Waals surface area (Å²) in [5, 5.41) is 9.01. The van der Waals surface area contributed by atoms with E-state index in [0.717, 1.165) is 5.56 Å². The van der Waals surface area contributed by atoms with Crippen LogP contribution >= 0.6 is 0 Å². The number of amides is 1. The predicted octanol–water partition coefficient (Wildman–Crippen LogP) is 1.54. The molecule has 1 aliphatic heterocycles. The summed E-state index contributed by atoms with van der Waals surface area (Å²) in [5.74, 6) is -1.07. The normalized spacial score (nSPS) is 21.1. The van der Waals surface area contributed by atoms with Gasteiger partial charge in [-0.15, -0.1) is 0 Å². The van der Waals surface area contributed by atoms with Crippen molar-refractivity contribution in [3.63, 3.8) is 0 Å². The molecule has 2 atom stereocenters. The highest BCUT2D eigenvalue weighted by atomic mass is 16.5. The number of methoxy groups -OCH3 is 2. The van der Waals surface area contributed by atoms with Crippen molar-refractivity contribution in [3.05, 3.63) is 35.4 Å². The van der Waals surface area contributed by atoms with Gasteiger partial charge in [0, 0.05) is 32.4 Å². The molecule has 1 fully saturated rings. The smallest absolute Gasteiger partial charge is 0.305 e. The lowest BCUT2D eigenvalue weighted by Crippen LogP contribution is -2.37. The molecule has 0 saturated carbocycles. The van der Waals surface area contributed by atoms with E-state index in [2.05, 4.69) is 0 Å². The number of carboxylic acids is 1. The molecule has 2 rings (SSSR count). The van der Waals surface area contributed by atoms with Crippen molar-refractivity contribution in [3.8, 4) is 0 Å². The van der Waals surface area contributed by atoms with Gasteiger partial charge < -0.3 is 19.5 Å². The van der Waals surface area contributed by atoms with Crippen LogP contribution in [0.3, 0.4) is 0 Å². The Kier molecular flexibility index (Phi) is 5.51. The molecular formula is C16H21NO5. The number of carbonyl (C=O) groups excluding carboxylic acids is 1. The lowest BCUT2D eigenvalue weighted by Gasteiger charge is -2.23. The number of hydrogen-bond donors (Lipinski definition) is 1. The molecule has 1 aromatic carbocycles. The van der Waals surface area contributed by atoms with E-state index in [1.54, 1.807) is 31.3 Å². The molecule has 6 nitrogen and oxygen atoms in total. The molecular weight excluding hydrogens is 286 g/mol. The van der Waals surface area contributed by atoms with Crippen molar-refractivity contribution in [1.29, 1.82) is 0 Å². The quantitative estimate of drug-likeness (QED) is 0.862. The lowest BCUT2D eigenvalue weighted by molar-refractivity contribution is -0.137. The Morgan fingerprint density at radius 3 is 2.50 bits per heavy atom. The zero-order valence-electron chi connectivity index (χ0n) is 12.8. The minimum absolute atomic E-state index is 0.0621. The van der Waals surface area contributed by atoms with Gasteiger partial charge in [0.1, 0.15) is 0 Å². The van der Waals surface area contributed by atoms with Crippen molar-refractivity contribution in [1.82, 2.24) is 4.90 Å². The number of carboxylic acid groups (broad SMARTS) is 1. The summed E-state index contributed by atoms with van der Waals surface area (Å²) >= 11 is 0. The van der Waals surface area contributed by atoms with Gasteiger partial charge in [0.25, 0.3) is 5.91 Å². The van der Waals surface area contributed by atoms with Crippen molar-refractivity contribution in [2.45, 2.75) is 31.6 Å². The van der Waals surface area contributed by atoms with Crippen LogP contribution in [0.1, 0.15) is 28.8 Å². The van der Waals surface area contributed by atoms with Gasteiger partial charge in [0.2, 0.25) is 0 Å². The third kappa shape index (κ3) is 3.84. The molecule has 0 radical (unpaired) electrons. The number of rotatable bonds is 6. The molecule has 120 valence electrons. The molecule has 1 amide bonds. The Labute approximate surface area is 129 Å². The molecule has 0 aromatic heterocycles. The summed E-state index contributed by atoms with van der Waals surface area (Å²) in [6.45, 7) is 0.915. The monoisotopic (exact) mass is 307 g/mol. The van der Waals surface area contributed by atoms with E-state index >= 15 is 0 Å². The van der Waals surface area contributed by atoms with E-state index in [4.69, 9.17) is 14.6 Å². The number of nitrogens with zero attached hydrogens (tertiary/aromatic N) is 1. The summed E-state index contributed by atoms with van der Waals surface area (Å²) in [6.07, 6.45) is 0.380. The van der Waals surface area contributed by atoms with Crippen LogP contribution in [0.5, 0.6) is 0 Å². The van der Waals surface area contributed by atoms with E-state index in [1.165, 1.54) is 0 Å². The van der Waals surface area contributed by atoms with Gasteiger partial charge >= 0.3 is 5.97 Å². The topological polar surface area (TPSA) is 76.1 Å². The fourth-order valence-electron chi connectivity index (χ4n) is 2.76. The van der Waals surface area contributed by atoms with Gasteiger partial charge in [-0.25, -0.2) is 0 Å². The maximum atomic E-state index is 12.6. The zero-order valence-corrected chi connectivity index (χ0v) is 12.8. The minimum atomic E-state index is -0.907. The highest BCUT2D eigenvalue weighted by molar-refractivity contribution is 5.95. The summed E-state index contributed by atoms with van der Waals surface area (Å²) in [5.41, 5.74) is 1.53. The maximum Gasteiger partial charge on any atom is 0.305 e. The second-order valence-electron chi connectivity index (χ2n) is 5.43. The molecule has 6 heteroatoms. The molecule has 0 spiro atoms. The molecule has 1 heterocycles. The maximum absolute atomic E-state index is 12.6. The van der Waals surface area contributed by atoms with E-state index in [0.29, 0.717) is 25.1 Å². The molecule has 2 unspecified atom stereocenters. The van der Waals surface area contributed by atoms with Crippen molar-refractivity contribution in [2.24, 2.45) is 0 Å². The van der Waals surface area contributed by atoms with E-state index in [-0.39, 0.29) is 24.5 Å². The summed E-state index contributed by atoms with van der Waals surface area (Å²) in [7, 11) is 3.20. The van der Waals surface area contributed by atoms with Crippen LogP contribution in [0, 0.1) is 0 Å². The second kappa shape index (κ2) is 7.38. The number of benzene rings is 1. The van der Waals surface area contributed by atoms with Crippen LogP contribution in [0.2, 0.25) is 0 Å². The second-order valence-corrected chi connectivity index (χ2v) is 5.43. The molecule has 1 saturated heterocycles. The number of aliphatic carboxylic acids is 1. The third-order valence-electron chi connectivity index (χ3n) is 3.89. The Bertz CT molecular complexity index is 528. The summed E-state index contributed by atoms with van der Waals surface area (Å²) < 4.78 is 10.3. The SMILES string of the molecule is COCc1ccc(C(=O)N2CC(OC)CC2CC(=O)O)cc1. The number of ether oxygens (including phenoxy) is 2. The third-order valence-corrected chi connectivity index (χ3v) is 3.89. The van der Waals surface area contributed by atoms with Gasteiger partial charge in [-0.3, -0.25) is 9.59 Å². The van der Waals surface area contributed by atoms with E-state index in [1.807, 2.05) is 12.1 Å². The Balaban J connectivity index is 2.13. The molecule has 0 bridgehead atoms. The van der Waals surface area contributed by atoms with Crippen molar-refractivity contribution < 1.29 is 24.2 Å². The Morgan fingerprint density at radius 2 is 1.95 bits per heavy atom. The van der Waals surface area contributed by atoms with Crippen molar-refractivity contribution >= 4 is 11.9 Å². The molecule has 1 N–H and O–H groups in total. The minimum Gasteiger partial charge on any atom is -0.481 e. The highest BCUT2D eigenvalue weighted by Crippen LogP contribution is 2.25. The molecule has 1 aliphatic rings. The number of likely N-dealkylation sites (tertiary alicyclic amines) is 1. The molecule has 0 aliphatic carbocycles. The first kappa shape index (κ1) is 16.5. The Hall–Kier alpha value is -1.92. The zero-order chi connectivity index (χ0) is 16.1. The first-order chi connectivity index (χ1) is 10.5. The number of carbonyl (C=O) groups is 2. The van der Waals surface area contributed by atoms with Gasteiger partial charge in [0.05, 0.1) is 19.1 Å². The van der Waals surface area contributed by atoms with Gasteiger partial charge in [-0.05, 0) is 24.1 Å². The van der Waals surface area contributed by atoms with Crippen LogP contribution in [-0.2, 0) is 20.9 Å². The predicted molar refractivity (Wildman–Crippen MR) is 79.6 cm³/mol.